The summed E-state index contributed by atoms with van der Waals surface area (Å²) in [6, 6.07) is 9.57. The van der Waals surface area contributed by atoms with Gasteiger partial charge in [-0.2, -0.15) is 0 Å². The van der Waals surface area contributed by atoms with Gasteiger partial charge in [0.1, 0.15) is 6.04 Å². The predicted molar refractivity (Wildman–Crippen MR) is 101 cm³/mol. The standard InChI is InChI=1S/C21H29N3O2/c25-19(15-17-5-2-1-3-6-17)24-12-4-7-18(24)20(26)23-13-9-21(10-14-23)8-11-22-16-21/h1-3,5-6,18,22H,4,7-16H2. The van der Waals surface area contributed by atoms with Gasteiger partial charge >= 0.3 is 0 Å². The summed E-state index contributed by atoms with van der Waals surface area (Å²) in [6.07, 6.45) is 5.55. The van der Waals surface area contributed by atoms with Crippen molar-refractivity contribution in [2.24, 2.45) is 5.41 Å². The second-order valence-electron chi connectivity index (χ2n) is 8.16. The Balaban J connectivity index is 1.37. The molecule has 3 heterocycles. The van der Waals surface area contributed by atoms with E-state index in [0.717, 1.165) is 57.4 Å². The minimum atomic E-state index is -0.248. The highest BCUT2D eigenvalue weighted by molar-refractivity contribution is 5.89. The molecule has 0 radical (unpaired) electrons. The zero-order valence-electron chi connectivity index (χ0n) is 15.5. The van der Waals surface area contributed by atoms with Crippen molar-refractivity contribution in [2.75, 3.05) is 32.7 Å². The van der Waals surface area contributed by atoms with Crippen LogP contribution in [0.4, 0.5) is 0 Å². The molecule has 0 saturated carbocycles. The van der Waals surface area contributed by atoms with Crippen LogP contribution in [0.1, 0.15) is 37.7 Å². The monoisotopic (exact) mass is 355 g/mol. The normalized spacial score (nSPS) is 25.0. The van der Waals surface area contributed by atoms with Crippen LogP contribution in [0.15, 0.2) is 30.3 Å². The number of hydrogen-bond acceptors (Lipinski definition) is 3. The first-order chi connectivity index (χ1) is 12.7. The quantitative estimate of drug-likeness (QED) is 0.900. The van der Waals surface area contributed by atoms with Gasteiger partial charge in [0.2, 0.25) is 11.8 Å². The highest BCUT2D eigenvalue weighted by Crippen LogP contribution is 2.37. The van der Waals surface area contributed by atoms with Gasteiger partial charge in [-0.05, 0) is 49.6 Å². The first-order valence-corrected chi connectivity index (χ1v) is 10.00. The lowest BCUT2D eigenvalue weighted by atomic mass is 9.77. The number of hydrogen-bond donors (Lipinski definition) is 1. The highest BCUT2D eigenvalue weighted by Gasteiger charge is 2.41. The van der Waals surface area contributed by atoms with Crippen molar-refractivity contribution in [3.8, 4) is 0 Å². The zero-order valence-corrected chi connectivity index (χ0v) is 15.5. The Labute approximate surface area is 155 Å². The Bertz CT molecular complexity index is 644. The number of likely N-dealkylation sites (tertiary alicyclic amines) is 2. The molecule has 26 heavy (non-hydrogen) atoms. The van der Waals surface area contributed by atoms with Crippen LogP contribution in [0, 0.1) is 5.41 Å². The topological polar surface area (TPSA) is 52.7 Å². The smallest absolute Gasteiger partial charge is 0.245 e. The van der Waals surface area contributed by atoms with Crippen LogP contribution in [0.5, 0.6) is 0 Å². The van der Waals surface area contributed by atoms with Gasteiger partial charge in [0.15, 0.2) is 0 Å². The molecule has 0 bridgehead atoms. The van der Waals surface area contributed by atoms with Gasteiger partial charge in [-0.1, -0.05) is 30.3 Å². The third-order valence-corrected chi connectivity index (χ3v) is 6.52. The molecule has 140 valence electrons. The van der Waals surface area contributed by atoms with Gasteiger partial charge in [-0.25, -0.2) is 0 Å². The van der Waals surface area contributed by atoms with E-state index in [9.17, 15) is 9.59 Å². The van der Waals surface area contributed by atoms with Crippen molar-refractivity contribution < 1.29 is 9.59 Å². The molecule has 3 saturated heterocycles. The molecule has 1 spiro atoms. The van der Waals surface area contributed by atoms with E-state index < -0.39 is 0 Å². The van der Waals surface area contributed by atoms with E-state index >= 15 is 0 Å². The number of nitrogens with zero attached hydrogens (tertiary/aromatic N) is 2. The maximum atomic E-state index is 13.1. The molecule has 1 unspecified atom stereocenters. The highest BCUT2D eigenvalue weighted by atomic mass is 16.2. The van der Waals surface area contributed by atoms with Crippen molar-refractivity contribution in [3.05, 3.63) is 35.9 Å². The second kappa shape index (κ2) is 7.39. The Morgan fingerprint density at radius 1 is 1.08 bits per heavy atom. The van der Waals surface area contributed by atoms with Gasteiger partial charge < -0.3 is 15.1 Å². The summed E-state index contributed by atoms with van der Waals surface area (Å²) < 4.78 is 0. The lowest BCUT2D eigenvalue weighted by Gasteiger charge is -2.40. The third kappa shape index (κ3) is 3.50. The summed E-state index contributed by atoms with van der Waals surface area (Å²) in [4.78, 5) is 29.7. The van der Waals surface area contributed by atoms with Gasteiger partial charge in [0.25, 0.3) is 0 Å². The summed E-state index contributed by atoms with van der Waals surface area (Å²) in [5.41, 5.74) is 1.43. The fourth-order valence-electron chi connectivity index (χ4n) is 4.83. The number of carbonyl (C=O) groups excluding carboxylic acids is 2. The summed E-state index contributed by atoms with van der Waals surface area (Å²) in [6.45, 7) is 4.61. The van der Waals surface area contributed by atoms with E-state index in [-0.39, 0.29) is 17.9 Å². The Kier molecular flexibility index (Phi) is 4.98. The average molecular weight is 355 g/mol. The first-order valence-electron chi connectivity index (χ1n) is 10.00. The maximum Gasteiger partial charge on any atom is 0.245 e. The van der Waals surface area contributed by atoms with Crippen LogP contribution in [0.2, 0.25) is 0 Å². The first kappa shape index (κ1) is 17.5. The molecular formula is C21H29N3O2. The number of piperidine rings is 1. The Morgan fingerprint density at radius 2 is 1.85 bits per heavy atom. The SMILES string of the molecule is O=C(C1CCCN1C(=O)Cc1ccccc1)N1CCC2(CCNC2)CC1. The van der Waals surface area contributed by atoms with E-state index in [1.807, 2.05) is 40.1 Å². The molecule has 3 aliphatic heterocycles. The third-order valence-electron chi connectivity index (χ3n) is 6.52. The van der Waals surface area contributed by atoms with Crippen LogP contribution >= 0.6 is 0 Å². The predicted octanol–water partition coefficient (Wildman–Crippen LogP) is 1.82. The van der Waals surface area contributed by atoms with Crippen LogP contribution in [-0.2, 0) is 16.0 Å². The number of nitrogens with one attached hydrogen (secondary N) is 1. The van der Waals surface area contributed by atoms with Crippen LogP contribution in [0.25, 0.3) is 0 Å². The molecule has 5 heteroatoms. The average Bonchev–Trinajstić information content (AvgIpc) is 3.33. The molecule has 1 atom stereocenters. The van der Waals surface area contributed by atoms with E-state index in [2.05, 4.69) is 5.32 Å². The van der Waals surface area contributed by atoms with Gasteiger partial charge in [-0.3, -0.25) is 9.59 Å². The number of benzene rings is 1. The summed E-state index contributed by atoms with van der Waals surface area (Å²) in [5, 5.41) is 3.47. The summed E-state index contributed by atoms with van der Waals surface area (Å²) in [7, 11) is 0. The van der Waals surface area contributed by atoms with E-state index in [1.165, 1.54) is 6.42 Å². The zero-order chi connectivity index (χ0) is 18.0. The largest absolute Gasteiger partial charge is 0.341 e. The minimum absolute atomic E-state index is 0.0838. The van der Waals surface area contributed by atoms with Crippen LogP contribution in [0.3, 0.4) is 0 Å². The fourth-order valence-corrected chi connectivity index (χ4v) is 4.83. The molecular weight excluding hydrogens is 326 g/mol. The van der Waals surface area contributed by atoms with E-state index in [4.69, 9.17) is 0 Å². The molecule has 3 fully saturated rings. The lowest BCUT2D eigenvalue weighted by molar-refractivity contribution is -0.145. The van der Waals surface area contributed by atoms with Gasteiger partial charge in [-0.15, -0.1) is 0 Å². The minimum Gasteiger partial charge on any atom is -0.341 e. The molecule has 4 rings (SSSR count). The number of rotatable bonds is 3. The maximum absolute atomic E-state index is 13.1. The summed E-state index contributed by atoms with van der Waals surface area (Å²) in [5.74, 6) is 0.255. The molecule has 1 aromatic rings. The Morgan fingerprint density at radius 3 is 2.54 bits per heavy atom. The number of amides is 2. The van der Waals surface area contributed by atoms with Crippen molar-refractivity contribution >= 4 is 11.8 Å². The van der Waals surface area contributed by atoms with Crippen molar-refractivity contribution in [2.45, 2.75) is 44.6 Å². The second-order valence-corrected chi connectivity index (χ2v) is 8.16. The molecule has 3 aliphatic rings. The van der Waals surface area contributed by atoms with Gasteiger partial charge in [0.05, 0.1) is 6.42 Å². The van der Waals surface area contributed by atoms with Gasteiger partial charge in [0, 0.05) is 26.2 Å². The lowest BCUT2D eigenvalue weighted by Crippen LogP contribution is -2.52. The number of carbonyl (C=O) groups is 2. The molecule has 1 aromatic carbocycles. The molecule has 1 N–H and O–H groups in total. The summed E-state index contributed by atoms with van der Waals surface area (Å²) >= 11 is 0. The molecule has 0 aliphatic carbocycles. The molecule has 0 aromatic heterocycles. The van der Waals surface area contributed by atoms with Crippen molar-refractivity contribution in [1.29, 1.82) is 0 Å². The van der Waals surface area contributed by atoms with Crippen molar-refractivity contribution in [1.82, 2.24) is 15.1 Å². The molecule has 2 amide bonds. The van der Waals surface area contributed by atoms with E-state index in [0.29, 0.717) is 18.4 Å². The molecule has 5 nitrogen and oxygen atoms in total. The van der Waals surface area contributed by atoms with Crippen molar-refractivity contribution in [3.63, 3.8) is 0 Å². The fraction of sp³-hybridized carbons (Fsp3) is 0.619. The van der Waals surface area contributed by atoms with Crippen LogP contribution in [-0.4, -0.2) is 60.4 Å². The van der Waals surface area contributed by atoms with Crippen LogP contribution < -0.4 is 5.32 Å². The Hall–Kier alpha value is -1.88. The van der Waals surface area contributed by atoms with E-state index in [1.54, 1.807) is 0 Å².